The van der Waals surface area contributed by atoms with Crippen LogP contribution in [0.25, 0.3) is 5.78 Å². The first-order chi connectivity index (χ1) is 11.4. The SMILES string of the molecule is Cc1cc(C)n2nc(CC(=O)N3CCC(CC(N)=O)CC3)nc2n1. The number of fused-ring (bicyclic) bond motifs is 1. The fourth-order valence-corrected chi connectivity index (χ4v) is 3.20. The van der Waals surface area contributed by atoms with Gasteiger partial charge in [0.2, 0.25) is 11.8 Å². The zero-order valence-electron chi connectivity index (χ0n) is 14.0. The molecule has 0 unspecified atom stereocenters. The summed E-state index contributed by atoms with van der Waals surface area (Å²) in [4.78, 5) is 33.9. The first kappa shape index (κ1) is 16.4. The molecule has 3 heterocycles. The van der Waals surface area contributed by atoms with Gasteiger partial charge in [-0.3, -0.25) is 9.59 Å². The molecule has 8 heteroatoms. The third-order valence-corrected chi connectivity index (χ3v) is 4.43. The maximum atomic E-state index is 12.4. The van der Waals surface area contributed by atoms with Crippen LogP contribution in [0.2, 0.25) is 0 Å². The second-order valence-corrected chi connectivity index (χ2v) is 6.45. The first-order valence-corrected chi connectivity index (χ1v) is 8.18. The minimum Gasteiger partial charge on any atom is -0.370 e. The molecule has 0 radical (unpaired) electrons. The molecule has 2 N–H and O–H groups in total. The Bertz CT molecular complexity index is 776. The Balaban J connectivity index is 1.63. The largest absolute Gasteiger partial charge is 0.370 e. The van der Waals surface area contributed by atoms with Crippen LogP contribution in [-0.2, 0) is 16.0 Å². The summed E-state index contributed by atoms with van der Waals surface area (Å²) in [6.45, 7) is 5.15. The predicted octanol–water partition coefficient (Wildman–Crippen LogP) is 0.398. The van der Waals surface area contributed by atoms with Gasteiger partial charge >= 0.3 is 0 Å². The maximum absolute atomic E-state index is 12.4. The third-order valence-electron chi connectivity index (χ3n) is 4.43. The van der Waals surface area contributed by atoms with Crippen molar-refractivity contribution < 1.29 is 9.59 Å². The number of hydrogen-bond donors (Lipinski definition) is 1. The van der Waals surface area contributed by atoms with Gasteiger partial charge in [0.1, 0.15) is 0 Å². The van der Waals surface area contributed by atoms with E-state index in [2.05, 4.69) is 15.1 Å². The van der Waals surface area contributed by atoms with E-state index in [-0.39, 0.29) is 24.2 Å². The molecular formula is C16H22N6O2. The second-order valence-electron chi connectivity index (χ2n) is 6.45. The quantitative estimate of drug-likeness (QED) is 0.873. The summed E-state index contributed by atoms with van der Waals surface area (Å²) in [5.41, 5.74) is 7.05. The van der Waals surface area contributed by atoms with Gasteiger partial charge in [-0.05, 0) is 38.7 Å². The van der Waals surface area contributed by atoms with Crippen LogP contribution >= 0.6 is 0 Å². The topological polar surface area (TPSA) is 106 Å². The molecule has 2 amide bonds. The molecule has 0 saturated carbocycles. The summed E-state index contributed by atoms with van der Waals surface area (Å²) in [6.07, 6.45) is 2.20. The van der Waals surface area contributed by atoms with E-state index < -0.39 is 0 Å². The molecule has 128 valence electrons. The molecular weight excluding hydrogens is 308 g/mol. The number of rotatable bonds is 4. The van der Waals surface area contributed by atoms with Gasteiger partial charge in [0.15, 0.2) is 5.82 Å². The lowest BCUT2D eigenvalue weighted by Gasteiger charge is -2.31. The average molecular weight is 330 g/mol. The van der Waals surface area contributed by atoms with E-state index in [1.165, 1.54) is 0 Å². The van der Waals surface area contributed by atoms with Gasteiger partial charge in [-0.2, -0.15) is 4.98 Å². The number of aromatic nitrogens is 4. The van der Waals surface area contributed by atoms with Gasteiger partial charge in [-0.25, -0.2) is 9.50 Å². The maximum Gasteiger partial charge on any atom is 0.252 e. The number of primary amides is 1. The van der Waals surface area contributed by atoms with Crippen molar-refractivity contribution in [3.63, 3.8) is 0 Å². The van der Waals surface area contributed by atoms with E-state index in [0.717, 1.165) is 24.2 Å². The van der Waals surface area contributed by atoms with Crippen molar-refractivity contribution in [1.82, 2.24) is 24.5 Å². The highest BCUT2D eigenvalue weighted by Crippen LogP contribution is 2.20. The number of amides is 2. The van der Waals surface area contributed by atoms with E-state index in [1.54, 1.807) is 4.52 Å². The van der Waals surface area contributed by atoms with E-state index in [0.29, 0.717) is 31.1 Å². The average Bonchev–Trinajstić information content (AvgIpc) is 2.90. The van der Waals surface area contributed by atoms with E-state index in [1.807, 2.05) is 24.8 Å². The standard InChI is InChI=1S/C16H22N6O2/c1-10-7-11(2)22-16(18-10)19-14(20-22)9-15(24)21-5-3-12(4-6-21)8-13(17)23/h7,12H,3-6,8-9H2,1-2H3,(H2,17,23). The number of carbonyl (C=O) groups is 2. The van der Waals surface area contributed by atoms with Crippen molar-refractivity contribution in [3.05, 3.63) is 23.3 Å². The highest BCUT2D eigenvalue weighted by Gasteiger charge is 2.24. The summed E-state index contributed by atoms with van der Waals surface area (Å²) in [5.74, 6) is 1.04. The van der Waals surface area contributed by atoms with Crippen LogP contribution < -0.4 is 5.73 Å². The molecule has 1 fully saturated rings. The Morgan fingerprint density at radius 2 is 1.96 bits per heavy atom. The lowest BCUT2D eigenvalue weighted by molar-refractivity contribution is -0.132. The lowest BCUT2D eigenvalue weighted by atomic mass is 9.93. The molecule has 0 bridgehead atoms. The Kier molecular flexibility index (Phi) is 4.46. The molecule has 2 aromatic rings. The molecule has 1 saturated heterocycles. The number of carbonyl (C=O) groups excluding carboxylic acids is 2. The van der Waals surface area contributed by atoms with Crippen LogP contribution in [0.5, 0.6) is 0 Å². The van der Waals surface area contributed by atoms with Gasteiger partial charge in [0.25, 0.3) is 5.78 Å². The molecule has 3 rings (SSSR count). The Morgan fingerprint density at radius 1 is 1.25 bits per heavy atom. The zero-order chi connectivity index (χ0) is 17.3. The summed E-state index contributed by atoms with van der Waals surface area (Å²) in [6, 6.07) is 1.93. The number of hydrogen-bond acceptors (Lipinski definition) is 5. The Hall–Kier alpha value is -2.51. The number of aryl methyl sites for hydroxylation is 2. The zero-order valence-corrected chi connectivity index (χ0v) is 14.0. The van der Waals surface area contributed by atoms with E-state index in [4.69, 9.17) is 5.73 Å². The van der Waals surface area contributed by atoms with Gasteiger partial charge in [0, 0.05) is 30.9 Å². The summed E-state index contributed by atoms with van der Waals surface area (Å²) in [7, 11) is 0. The highest BCUT2D eigenvalue weighted by molar-refractivity contribution is 5.78. The van der Waals surface area contributed by atoms with Crippen LogP contribution in [0.1, 0.15) is 36.5 Å². The number of nitrogens with zero attached hydrogens (tertiary/aromatic N) is 5. The number of likely N-dealkylation sites (tertiary alicyclic amines) is 1. The Morgan fingerprint density at radius 3 is 2.62 bits per heavy atom. The monoisotopic (exact) mass is 330 g/mol. The Labute approximate surface area is 140 Å². The highest BCUT2D eigenvalue weighted by atomic mass is 16.2. The van der Waals surface area contributed by atoms with Crippen molar-refractivity contribution in [1.29, 1.82) is 0 Å². The minimum absolute atomic E-state index is 0.0119. The molecule has 0 aliphatic carbocycles. The lowest BCUT2D eigenvalue weighted by Crippen LogP contribution is -2.40. The molecule has 1 aliphatic rings. The van der Waals surface area contributed by atoms with Crippen LogP contribution in [-0.4, -0.2) is 49.4 Å². The van der Waals surface area contributed by atoms with Gasteiger partial charge < -0.3 is 10.6 Å². The molecule has 0 atom stereocenters. The smallest absolute Gasteiger partial charge is 0.252 e. The second kappa shape index (κ2) is 6.54. The van der Waals surface area contributed by atoms with E-state index >= 15 is 0 Å². The van der Waals surface area contributed by atoms with Crippen molar-refractivity contribution in [3.8, 4) is 0 Å². The summed E-state index contributed by atoms with van der Waals surface area (Å²) < 4.78 is 1.66. The molecule has 1 aliphatic heterocycles. The van der Waals surface area contributed by atoms with Gasteiger partial charge in [-0.15, -0.1) is 5.10 Å². The van der Waals surface area contributed by atoms with Gasteiger partial charge in [-0.1, -0.05) is 0 Å². The minimum atomic E-state index is -0.271. The fraction of sp³-hybridized carbons (Fsp3) is 0.562. The molecule has 2 aromatic heterocycles. The van der Waals surface area contributed by atoms with Crippen LogP contribution in [0.15, 0.2) is 6.07 Å². The summed E-state index contributed by atoms with van der Waals surface area (Å²) >= 11 is 0. The van der Waals surface area contributed by atoms with Crippen LogP contribution in [0.3, 0.4) is 0 Å². The normalized spacial score (nSPS) is 15.8. The fourth-order valence-electron chi connectivity index (χ4n) is 3.20. The predicted molar refractivity (Wildman–Crippen MR) is 87.1 cm³/mol. The van der Waals surface area contributed by atoms with Gasteiger partial charge in [0.05, 0.1) is 6.42 Å². The first-order valence-electron chi connectivity index (χ1n) is 8.18. The molecule has 8 nitrogen and oxygen atoms in total. The van der Waals surface area contributed by atoms with Crippen molar-refractivity contribution in [2.75, 3.05) is 13.1 Å². The van der Waals surface area contributed by atoms with Crippen LogP contribution in [0.4, 0.5) is 0 Å². The van der Waals surface area contributed by atoms with E-state index in [9.17, 15) is 9.59 Å². The molecule has 24 heavy (non-hydrogen) atoms. The molecule has 0 spiro atoms. The third kappa shape index (κ3) is 3.52. The number of nitrogens with two attached hydrogens (primary N) is 1. The molecule has 0 aromatic carbocycles. The number of piperidine rings is 1. The van der Waals surface area contributed by atoms with Crippen LogP contribution in [0, 0.1) is 19.8 Å². The summed E-state index contributed by atoms with van der Waals surface area (Å²) in [5, 5.41) is 4.38. The van der Waals surface area contributed by atoms with Crippen molar-refractivity contribution >= 4 is 17.6 Å². The van der Waals surface area contributed by atoms with Crippen molar-refractivity contribution in [2.24, 2.45) is 11.7 Å². The van der Waals surface area contributed by atoms with Crippen molar-refractivity contribution in [2.45, 2.75) is 39.5 Å².